The van der Waals surface area contributed by atoms with Gasteiger partial charge in [0.25, 0.3) is 0 Å². The maximum atomic E-state index is 6.49. The molecule has 1 aliphatic carbocycles. The van der Waals surface area contributed by atoms with Crippen LogP contribution in [0.2, 0.25) is 0 Å². The van der Waals surface area contributed by atoms with Crippen LogP contribution in [-0.2, 0) is 13.0 Å². The highest BCUT2D eigenvalue weighted by Crippen LogP contribution is 2.45. The van der Waals surface area contributed by atoms with E-state index in [9.17, 15) is 0 Å². The largest absolute Gasteiger partial charge is 0.485 e. The summed E-state index contributed by atoms with van der Waals surface area (Å²) in [6.07, 6.45) is 11.9. The quantitative estimate of drug-likeness (QED) is 0.339. The molecule has 1 fully saturated rings. The van der Waals surface area contributed by atoms with Gasteiger partial charge in [-0.1, -0.05) is 42.5 Å². The van der Waals surface area contributed by atoms with Crippen molar-refractivity contribution in [3.8, 4) is 17.0 Å². The first-order chi connectivity index (χ1) is 18.1. The van der Waals surface area contributed by atoms with Crippen LogP contribution >= 0.6 is 0 Å². The fourth-order valence-corrected chi connectivity index (χ4v) is 5.97. The number of nitrogen functional groups attached to an aromatic ring is 1. The number of hydrogen-bond acceptors (Lipinski definition) is 5. The van der Waals surface area contributed by atoms with Crippen molar-refractivity contribution in [1.29, 1.82) is 0 Å². The molecule has 5 aromatic rings. The van der Waals surface area contributed by atoms with Crippen LogP contribution in [0.5, 0.6) is 5.75 Å². The number of aryl methyl sites for hydroxylation is 2. The summed E-state index contributed by atoms with van der Waals surface area (Å²) >= 11 is 0. The minimum atomic E-state index is 0.0658. The van der Waals surface area contributed by atoms with Crippen molar-refractivity contribution >= 4 is 11.3 Å². The van der Waals surface area contributed by atoms with E-state index in [4.69, 9.17) is 15.5 Å². The molecule has 1 unspecified atom stereocenters. The molecule has 186 valence electrons. The summed E-state index contributed by atoms with van der Waals surface area (Å²) in [7, 11) is 0. The molecule has 0 amide bonds. The van der Waals surface area contributed by atoms with E-state index in [0.717, 1.165) is 66.4 Å². The summed E-state index contributed by atoms with van der Waals surface area (Å²) in [4.78, 5) is 13.9. The first kappa shape index (κ1) is 22.1. The molecule has 0 bridgehead atoms. The molecule has 37 heavy (non-hydrogen) atoms. The number of nitrogens with zero attached hydrogens (tertiary/aromatic N) is 5. The first-order valence-corrected chi connectivity index (χ1v) is 13.1. The summed E-state index contributed by atoms with van der Waals surface area (Å²) in [5.74, 6) is 4.59. The molecular formula is C30H30N6O. The lowest BCUT2D eigenvalue weighted by molar-refractivity contribution is 0.177. The predicted molar refractivity (Wildman–Crippen MR) is 143 cm³/mol. The summed E-state index contributed by atoms with van der Waals surface area (Å²) in [5, 5.41) is 0. The third-order valence-electron chi connectivity index (χ3n) is 8.05. The van der Waals surface area contributed by atoms with Crippen molar-refractivity contribution in [3.05, 3.63) is 96.1 Å². The molecule has 0 saturated heterocycles. The number of aromatic nitrogens is 5. The van der Waals surface area contributed by atoms with Gasteiger partial charge in [0, 0.05) is 42.8 Å². The van der Waals surface area contributed by atoms with Crippen LogP contribution in [0.1, 0.15) is 54.1 Å². The minimum Gasteiger partial charge on any atom is -0.485 e. The second-order valence-corrected chi connectivity index (χ2v) is 10.4. The maximum absolute atomic E-state index is 6.49. The highest BCUT2D eigenvalue weighted by Gasteiger charge is 2.35. The van der Waals surface area contributed by atoms with Crippen LogP contribution in [0, 0.1) is 12.8 Å². The van der Waals surface area contributed by atoms with E-state index in [1.165, 1.54) is 11.1 Å². The molecule has 2 aliphatic rings. The third-order valence-corrected chi connectivity index (χ3v) is 8.05. The van der Waals surface area contributed by atoms with E-state index in [1.54, 1.807) is 6.20 Å². The Kier molecular flexibility index (Phi) is 5.23. The van der Waals surface area contributed by atoms with Gasteiger partial charge in [-0.2, -0.15) is 0 Å². The van der Waals surface area contributed by atoms with Crippen LogP contribution in [0.4, 0.5) is 5.82 Å². The Bertz CT molecular complexity index is 1580. The van der Waals surface area contributed by atoms with Crippen molar-refractivity contribution in [3.63, 3.8) is 0 Å². The molecular weight excluding hydrogens is 460 g/mol. The Labute approximate surface area is 216 Å². The number of fused-ring (bicyclic) bond motifs is 2. The van der Waals surface area contributed by atoms with Crippen LogP contribution in [0.15, 0.2) is 73.3 Å². The lowest BCUT2D eigenvalue weighted by Crippen LogP contribution is -2.27. The van der Waals surface area contributed by atoms with E-state index >= 15 is 0 Å². The standard InChI is InChI=1S/C30H30N6O/c1-19-32-11-13-35(19)18-20-15-24(16-20)30-34-27(28-29(31)33-12-14-36(28)30)23-8-7-22-9-10-25(37-26(22)17-23)21-5-3-2-4-6-21/h2-8,11-14,17,20,24-25H,9-10,15-16,18H2,1H3,(H2,31,33). The predicted octanol–water partition coefficient (Wildman–Crippen LogP) is 5.74. The number of nitrogens with two attached hydrogens (primary N) is 1. The zero-order chi connectivity index (χ0) is 24.9. The summed E-state index contributed by atoms with van der Waals surface area (Å²) < 4.78 is 10.9. The normalized spacial score (nSPS) is 20.8. The Morgan fingerprint density at radius 2 is 1.86 bits per heavy atom. The number of ether oxygens (including phenoxy) is 1. The van der Waals surface area contributed by atoms with Gasteiger partial charge in [-0.05, 0) is 55.7 Å². The number of anilines is 1. The van der Waals surface area contributed by atoms with Crippen molar-refractivity contribution in [2.24, 2.45) is 5.92 Å². The van der Waals surface area contributed by atoms with Gasteiger partial charge in [0.2, 0.25) is 0 Å². The SMILES string of the molecule is Cc1nccn1CC1CC(c2nc(-c3ccc4c(c3)OC(c3ccccc3)CC4)c3c(N)nccn23)C1. The molecule has 3 aromatic heterocycles. The number of imidazole rings is 2. The van der Waals surface area contributed by atoms with Gasteiger partial charge >= 0.3 is 0 Å². The van der Waals surface area contributed by atoms with E-state index in [1.807, 2.05) is 18.5 Å². The molecule has 1 aliphatic heterocycles. The smallest absolute Gasteiger partial charge is 0.150 e. The Morgan fingerprint density at radius 1 is 1.03 bits per heavy atom. The lowest BCUT2D eigenvalue weighted by Gasteiger charge is -2.35. The third kappa shape index (κ3) is 3.86. The first-order valence-electron chi connectivity index (χ1n) is 13.1. The Hall–Kier alpha value is -4.13. The summed E-state index contributed by atoms with van der Waals surface area (Å²) in [5.41, 5.74) is 11.6. The fourth-order valence-electron chi connectivity index (χ4n) is 5.97. The minimum absolute atomic E-state index is 0.0658. The van der Waals surface area contributed by atoms with Gasteiger partial charge < -0.3 is 15.0 Å². The highest BCUT2D eigenvalue weighted by molar-refractivity contribution is 5.86. The number of rotatable bonds is 5. The zero-order valence-electron chi connectivity index (χ0n) is 20.9. The molecule has 7 rings (SSSR count). The van der Waals surface area contributed by atoms with E-state index < -0.39 is 0 Å². The number of hydrogen-bond donors (Lipinski definition) is 1. The monoisotopic (exact) mass is 490 g/mol. The second kappa shape index (κ2) is 8.76. The van der Waals surface area contributed by atoms with Crippen LogP contribution in [0.25, 0.3) is 16.8 Å². The maximum Gasteiger partial charge on any atom is 0.150 e. The molecule has 2 aromatic carbocycles. The lowest BCUT2D eigenvalue weighted by atomic mass is 9.74. The van der Waals surface area contributed by atoms with Gasteiger partial charge in [-0.25, -0.2) is 15.0 Å². The average molecular weight is 491 g/mol. The average Bonchev–Trinajstić information content (AvgIpc) is 3.49. The van der Waals surface area contributed by atoms with E-state index in [2.05, 4.69) is 74.5 Å². The van der Waals surface area contributed by atoms with Gasteiger partial charge in [0.15, 0.2) is 0 Å². The highest BCUT2D eigenvalue weighted by atomic mass is 16.5. The Balaban J connectivity index is 1.20. The van der Waals surface area contributed by atoms with Crippen LogP contribution in [-0.4, -0.2) is 23.9 Å². The second-order valence-electron chi connectivity index (χ2n) is 10.4. The van der Waals surface area contributed by atoms with Crippen LogP contribution in [0.3, 0.4) is 0 Å². The van der Waals surface area contributed by atoms with E-state index in [0.29, 0.717) is 17.7 Å². The van der Waals surface area contributed by atoms with Gasteiger partial charge in [0.1, 0.15) is 40.5 Å². The van der Waals surface area contributed by atoms with E-state index in [-0.39, 0.29) is 6.10 Å². The van der Waals surface area contributed by atoms with Crippen molar-refractivity contribution in [2.45, 2.75) is 51.2 Å². The van der Waals surface area contributed by atoms with Crippen LogP contribution < -0.4 is 10.5 Å². The van der Waals surface area contributed by atoms with Gasteiger partial charge in [-0.3, -0.25) is 4.40 Å². The summed E-state index contributed by atoms with van der Waals surface area (Å²) in [6.45, 7) is 3.07. The van der Waals surface area contributed by atoms with Gasteiger partial charge in [-0.15, -0.1) is 0 Å². The fraction of sp³-hybridized carbons (Fsp3) is 0.300. The van der Waals surface area contributed by atoms with Crippen molar-refractivity contribution in [1.82, 2.24) is 23.9 Å². The van der Waals surface area contributed by atoms with Crippen molar-refractivity contribution < 1.29 is 4.74 Å². The molecule has 7 heteroatoms. The molecule has 0 radical (unpaired) electrons. The van der Waals surface area contributed by atoms with Gasteiger partial charge in [0.05, 0.1) is 0 Å². The molecule has 4 heterocycles. The summed E-state index contributed by atoms with van der Waals surface area (Å²) in [6, 6.07) is 16.9. The molecule has 7 nitrogen and oxygen atoms in total. The molecule has 1 atom stereocenters. The van der Waals surface area contributed by atoms with Crippen molar-refractivity contribution in [2.75, 3.05) is 5.73 Å². The topological polar surface area (TPSA) is 83.3 Å². The molecule has 0 spiro atoms. The molecule has 2 N–H and O–H groups in total. The number of benzene rings is 2. The Morgan fingerprint density at radius 3 is 2.68 bits per heavy atom. The zero-order valence-corrected chi connectivity index (χ0v) is 20.9. The molecule has 1 saturated carbocycles.